The van der Waals surface area contributed by atoms with E-state index in [4.69, 9.17) is 16.3 Å². The van der Waals surface area contributed by atoms with Gasteiger partial charge in [0, 0.05) is 17.2 Å². The van der Waals surface area contributed by atoms with Gasteiger partial charge in [0.25, 0.3) is 0 Å². The van der Waals surface area contributed by atoms with Crippen molar-refractivity contribution in [3.8, 4) is 0 Å². The molecule has 94 valence electrons. The first-order chi connectivity index (χ1) is 8.74. The van der Waals surface area contributed by atoms with Crippen LogP contribution in [-0.4, -0.2) is 27.9 Å². The lowest BCUT2D eigenvalue weighted by molar-refractivity contribution is 0.127. The molecule has 1 aromatic carbocycles. The Hall–Kier alpha value is -0.840. The Kier molecular flexibility index (Phi) is 3.41. The fraction of sp³-hybridized carbons (Fsp3) is 0.385. The summed E-state index contributed by atoms with van der Waals surface area (Å²) in [5.41, 5.74) is 0.895. The van der Waals surface area contributed by atoms with Gasteiger partial charge < -0.3 is 4.74 Å². The van der Waals surface area contributed by atoms with Crippen molar-refractivity contribution < 1.29 is 4.74 Å². The topological polar surface area (TPSA) is 35.0 Å². The summed E-state index contributed by atoms with van der Waals surface area (Å²) in [5.74, 6) is 0. The number of hydrogen-bond donors (Lipinski definition) is 0. The van der Waals surface area contributed by atoms with Crippen molar-refractivity contribution in [2.75, 3.05) is 6.61 Å². The number of fused-ring (bicyclic) bond motifs is 1. The fourth-order valence-corrected chi connectivity index (χ4v) is 3.56. The molecule has 1 aliphatic rings. The molecule has 0 amide bonds. The first-order valence-corrected chi connectivity index (χ1v) is 7.20. The van der Waals surface area contributed by atoms with Crippen LogP contribution in [-0.2, 0) is 4.74 Å². The molecule has 0 bridgehead atoms. The van der Waals surface area contributed by atoms with Crippen molar-refractivity contribution in [1.82, 2.24) is 9.97 Å². The number of para-hydroxylation sites is 1. The number of ether oxygens (including phenoxy) is 1. The quantitative estimate of drug-likeness (QED) is 0.622. The van der Waals surface area contributed by atoms with Gasteiger partial charge >= 0.3 is 0 Å². The van der Waals surface area contributed by atoms with E-state index in [0.717, 1.165) is 29.0 Å². The highest BCUT2D eigenvalue weighted by molar-refractivity contribution is 8.00. The molecule has 18 heavy (non-hydrogen) atoms. The monoisotopic (exact) mass is 280 g/mol. The van der Waals surface area contributed by atoms with Gasteiger partial charge in [-0.05, 0) is 31.0 Å². The Balaban J connectivity index is 2.00. The molecule has 1 aliphatic heterocycles. The molecule has 0 saturated carbocycles. The molecule has 1 aromatic heterocycles. The van der Waals surface area contributed by atoms with Crippen LogP contribution in [0.15, 0.2) is 29.3 Å². The molecule has 2 atom stereocenters. The second-order valence-corrected chi connectivity index (χ2v) is 5.90. The third kappa shape index (κ3) is 2.32. The predicted molar refractivity (Wildman–Crippen MR) is 74.2 cm³/mol. The molecule has 0 radical (unpaired) electrons. The predicted octanol–water partition coefficient (Wildman–Crippen LogP) is 3.55. The average molecular weight is 281 g/mol. The Bertz CT molecular complexity index is 578. The number of thioether (sulfide) groups is 1. The van der Waals surface area contributed by atoms with E-state index in [2.05, 4.69) is 16.9 Å². The second-order valence-electron chi connectivity index (χ2n) is 4.34. The van der Waals surface area contributed by atoms with Crippen LogP contribution in [0.4, 0.5) is 0 Å². The molecule has 0 N–H and O–H groups in total. The van der Waals surface area contributed by atoms with E-state index < -0.39 is 0 Å². The fourth-order valence-electron chi connectivity index (χ4n) is 2.12. The molecule has 5 heteroatoms. The van der Waals surface area contributed by atoms with E-state index in [1.807, 2.05) is 24.3 Å². The highest BCUT2D eigenvalue weighted by Gasteiger charge is 2.26. The van der Waals surface area contributed by atoms with Gasteiger partial charge in [0.05, 0.1) is 11.6 Å². The van der Waals surface area contributed by atoms with Crippen LogP contribution in [0.5, 0.6) is 0 Å². The molecule has 3 rings (SSSR count). The lowest BCUT2D eigenvalue weighted by Gasteiger charge is -2.14. The van der Waals surface area contributed by atoms with Crippen molar-refractivity contribution in [2.24, 2.45) is 0 Å². The Morgan fingerprint density at radius 3 is 2.94 bits per heavy atom. The minimum Gasteiger partial charge on any atom is -0.377 e. The smallest absolute Gasteiger partial charge is 0.224 e. The highest BCUT2D eigenvalue weighted by Crippen LogP contribution is 2.35. The Morgan fingerprint density at radius 1 is 1.33 bits per heavy atom. The van der Waals surface area contributed by atoms with E-state index in [1.54, 1.807) is 11.8 Å². The van der Waals surface area contributed by atoms with E-state index in [-0.39, 0.29) is 6.10 Å². The van der Waals surface area contributed by atoms with Crippen molar-refractivity contribution in [1.29, 1.82) is 0 Å². The van der Waals surface area contributed by atoms with E-state index in [9.17, 15) is 0 Å². The molecular weight excluding hydrogens is 268 g/mol. The molecule has 0 spiro atoms. The largest absolute Gasteiger partial charge is 0.377 e. The Labute approximate surface area is 115 Å². The van der Waals surface area contributed by atoms with Gasteiger partial charge in [0.15, 0.2) is 0 Å². The minimum absolute atomic E-state index is 0.266. The standard InChI is InChI=1S/C13H13ClN2OS/c1-8-11(6-7-17-8)18-12-9-4-2-3-5-10(9)15-13(14)16-12/h2-5,8,11H,6-7H2,1H3. The second kappa shape index (κ2) is 5.03. The van der Waals surface area contributed by atoms with Crippen molar-refractivity contribution in [2.45, 2.75) is 29.7 Å². The molecule has 3 nitrogen and oxygen atoms in total. The van der Waals surface area contributed by atoms with Gasteiger partial charge in [0.2, 0.25) is 5.28 Å². The number of hydrogen-bond acceptors (Lipinski definition) is 4. The summed E-state index contributed by atoms with van der Waals surface area (Å²) in [4.78, 5) is 8.60. The third-order valence-electron chi connectivity index (χ3n) is 3.11. The Morgan fingerprint density at radius 2 is 2.17 bits per heavy atom. The summed E-state index contributed by atoms with van der Waals surface area (Å²) < 4.78 is 5.58. The summed E-state index contributed by atoms with van der Waals surface area (Å²) in [6.07, 6.45) is 1.32. The van der Waals surface area contributed by atoms with Gasteiger partial charge in [0.1, 0.15) is 5.03 Å². The molecule has 0 aliphatic carbocycles. The van der Waals surface area contributed by atoms with Crippen LogP contribution >= 0.6 is 23.4 Å². The zero-order valence-corrected chi connectivity index (χ0v) is 11.5. The maximum atomic E-state index is 5.98. The molecule has 1 fully saturated rings. The van der Waals surface area contributed by atoms with Crippen LogP contribution in [0, 0.1) is 0 Å². The van der Waals surface area contributed by atoms with Crippen LogP contribution in [0.25, 0.3) is 10.9 Å². The highest BCUT2D eigenvalue weighted by atomic mass is 35.5. The molecular formula is C13H13ClN2OS. The number of nitrogens with zero attached hydrogens (tertiary/aromatic N) is 2. The van der Waals surface area contributed by atoms with Crippen molar-refractivity contribution in [3.05, 3.63) is 29.5 Å². The van der Waals surface area contributed by atoms with E-state index in [0.29, 0.717) is 10.5 Å². The first-order valence-electron chi connectivity index (χ1n) is 5.94. The van der Waals surface area contributed by atoms with Crippen LogP contribution in [0.1, 0.15) is 13.3 Å². The van der Waals surface area contributed by atoms with Crippen LogP contribution in [0.2, 0.25) is 5.28 Å². The maximum absolute atomic E-state index is 5.98. The summed E-state index contributed by atoms with van der Waals surface area (Å²) in [7, 11) is 0. The number of rotatable bonds is 2. The van der Waals surface area contributed by atoms with Gasteiger partial charge in [-0.3, -0.25) is 0 Å². The molecule has 2 unspecified atom stereocenters. The summed E-state index contributed by atoms with van der Waals surface area (Å²) in [5, 5.41) is 2.76. The first kappa shape index (κ1) is 12.2. The van der Waals surface area contributed by atoms with Crippen LogP contribution < -0.4 is 0 Å². The summed E-state index contributed by atoms with van der Waals surface area (Å²) in [6, 6.07) is 7.95. The van der Waals surface area contributed by atoms with E-state index >= 15 is 0 Å². The number of halogens is 1. The van der Waals surface area contributed by atoms with Gasteiger partial charge in [-0.15, -0.1) is 0 Å². The van der Waals surface area contributed by atoms with E-state index in [1.165, 1.54) is 0 Å². The third-order valence-corrected chi connectivity index (χ3v) is 4.74. The summed E-state index contributed by atoms with van der Waals surface area (Å²) in [6.45, 7) is 2.94. The normalized spacial score (nSPS) is 23.7. The van der Waals surface area contributed by atoms with Crippen molar-refractivity contribution in [3.63, 3.8) is 0 Å². The van der Waals surface area contributed by atoms with Gasteiger partial charge in [-0.25, -0.2) is 9.97 Å². The van der Waals surface area contributed by atoms with Gasteiger partial charge in [-0.2, -0.15) is 0 Å². The van der Waals surface area contributed by atoms with Crippen LogP contribution in [0.3, 0.4) is 0 Å². The van der Waals surface area contributed by atoms with Crippen molar-refractivity contribution >= 4 is 34.3 Å². The maximum Gasteiger partial charge on any atom is 0.224 e. The zero-order valence-electron chi connectivity index (χ0n) is 9.97. The lowest BCUT2D eigenvalue weighted by Crippen LogP contribution is -2.13. The lowest BCUT2D eigenvalue weighted by atomic mass is 10.2. The molecule has 2 aromatic rings. The number of benzene rings is 1. The SMILES string of the molecule is CC1OCCC1Sc1nc(Cl)nc2ccccc12. The zero-order chi connectivity index (χ0) is 12.5. The number of aromatic nitrogens is 2. The molecule has 1 saturated heterocycles. The average Bonchev–Trinajstić information content (AvgIpc) is 2.75. The summed E-state index contributed by atoms with van der Waals surface area (Å²) >= 11 is 7.72. The van der Waals surface area contributed by atoms with Gasteiger partial charge in [-0.1, -0.05) is 30.0 Å². The molecule has 2 heterocycles. The minimum atomic E-state index is 0.266.